The lowest BCUT2D eigenvalue weighted by molar-refractivity contribution is -0.141. The molecule has 4 amide bonds. The minimum Gasteiger partial charge on any atom is -0.504 e. The molecule has 236 valence electrons. The van der Waals surface area contributed by atoms with E-state index in [0.29, 0.717) is 29.8 Å². The first kappa shape index (κ1) is 29.8. The monoisotopic (exact) mass is 619 g/mol. The highest BCUT2D eigenvalue weighted by Gasteiger charge is 2.70. The summed E-state index contributed by atoms with van der Waals surface area (Å²) in [4.78, 5) is 58.3. The van der Waals surface area contributed by atoms with Gasteiger partial charge >= 0.3 is 0 Å². The van der Waals surface area contributed by atoms with Crippen molar-refractivity contribution in [2.45, 2.75) is 44.9 Å². The number of imide groups is 2. The molecule has 0 bridgehead atoms. The van der Waals surface area contributed by atoms with Crippen LogP contribution in [0.1, 0.15) is 49.3 Å². The number of nitrogens with zero attached hydrogens (tertiary/aromatic N) is 2. The van der Waals surface area contributed by atoms with E-state index in [4.69, 9.17) is 4.74 Å². The molecule has 2 aliphatic heterocycles. The Balaban J connectivity index is 1.46. The van der Waals surface area contributed by atoms with Crippen LogP contribution in [0.4, 0.5) is 5.69 Å². The van der Waals surface area contributed by atoms with Crippen LogP contribution in [0.15, 0.2) is 84.4 Å². The number of nitrogens with one attached hydrogen (secondary N) is 1. The van der Waals surface area contributed by atoms with Gasteiger partial charge < -0.3 is 9.84 Å². The number of benzene rings is 3. The van der Waals surface area contributed by atoms with Crippen LogP contribution >= 0.6 is 0 Å². The van der Waals surface area contributed by atoms with Crippen molar-refractivity contribution in [2.75, 3.05) is 18.6 Å². The number of carbonyl (C=O) groups excluding carboxylic acids is 4. The molecule has 2 saturated heterocycles. The van der Waals surface area contributed by atoms with Gasteiger partial charge in [-0.05, 0) is 74.9 Å². The van der Waals surface area contributed by atoms with Crippen LogP contribution in [0.2, 0.25) is 0 Å². The molecule has 3 aromatic rings. The molecular formula is C37H37N3O6. The molecule has 3 aromatic carbocycles. The maximum atomic E-state index is 15.1. The molecule has 9 heteroatoms. The van der Waals surface area contributed by atoms with Gasteiger partial charge in [0.15, 0.2) is 11.5 Å². The van der Waals surface area contributed by atoms with Gasteiger partial charge in [0.05, 0.1) is 35.5 Å². The van der Waals surface area contributed by atoms with Crippen LogP contribution in [-0.4, -0.2) is 51.8 Å². The van der Waals surface area contributed by atoms with Crippen LogP contribution < -0.4 is 10.2 Å². The number of carbonyl (C=O) groups is 4. The van der Waals surface area contributed by atoms with Gasteiger partial charge in [-0.2, -0.15) is 5.01 Å². The Morgan fingerprint density at radius 2 is 1.65 bits per heavy atom. The summed E-state index contributed by atoms with van der Waals surface area (Å²) in [7, 11) is 0. The summed E-state index contributed by atoms with van der Waals surface area (Å²) in [5, 5.41) is 11.8. The van der Waals surface area contributed by atoms with E-state index in [0.717, 1.165) is 16.1 Å². The lowest BCUT2D eigenvalue weighted by Gasteiger charge is -2.50. The standard InChI is InChI=1S/C37H37N3O6/c1-4-39-33(42)26-17-16-25-27(31(26)35(39)44)20-28-34(43)40(38-24-14-11-21(3)12-15-24)36(45)37(28,23-9-7-6-8-10-23)32(25)22-13-18-29(41)30(19-22)46-5-2/h6-16,18-19,26-28,31-32,38,41H,4-5,17,20H2,1-3H3/t26-,27+,28-,31-,32-,37+/m0/s1. The summed E-state index contributed by atoms with van der Waals surface area (Å²) in [5.41, 5.74) is 5.62. The maximum Gasteiger partial charge on any atom is 0.260 e. The number of amides is 4. The number of anilines is 1. The lowest BCUT2D eigenvalue weighted by atomic mass is 9.49. The number of rotatable bonds is 7. The number of phenolic OH excluding ortho intramolecular Hbond substituents is 1. The van der Waals surface area contributed by atoms with Crippen molar-refractivity contribution in [3.8, 4) is 11.5 Å². The summed E-state index contributed by atoms with van der Waals surface area (Å²) in [6.45, 7) is 6.19. The predicted molar refractivity (Wildman–Crippen MR) is 170 cm³/mol. The number of hydrogen-bond acceptors (Lipinski definition) is 7. The van der Waals surface area contributed by atoms with Crippen molar-refractivity contribution >= 4 is 29.3 Å². The van der Waals surface area contributed by atoms with E-state index >= 15 is 4.79 Å². The molecular weight excluding hydrogens is 582 g/mol. The fourth-order valence-corrected chi connectivity index (χ4v) is 8.48. The van der Waals surface area contributed by atoms with Crippen molar-refractivity contribution in [1.82, 2.24) is 9.91 Å². The van der Waals surface area contributed by atoms with E-state index in [2.05, 4.69) is 5.43 Å². The lowest BCUT2D eigenvalue weighted by Crippen LogP contribution is -2.53. The zero-order valence-electron chi connectivity index (χ0n) is 26.1. The van der Waals surface area contributed by atoms with Gasteiger partial charge in [-0.1, -0.05) is 65.7 Å². The van der Waals surface area contributed by atoms with E-state index in [1.807, 2.05) is 74.5 Å². The second kappa shape index (κ2) is 11.2. The van der Waals surface area contributed by atoms with E-state index in [1.54, 1.807) is 25.1 Å². The van der Waals surface area contributed by atoms with Gasteiger partial charge in [-0.15, -0.1) is 0 Å². The summed E-state index contributed by atoms with van der Waals surface area (Å²) < 4.78 is 5.79. The van der Waals surface area contributed by atoms with Gasteiger partial charge in [0.25, 0.3) is 11.8 Å². The molecule has 0 unspecified atom stereocenters. The average molecular weight is 620 g/mol. The number of likely N-dealkylation sites (tertiary alicyclic amines) is 1. The third kappa shape index (κ3) is 4.21. The second-order valence-corrected chi connectivity index (χ2v) is 12.7. The number of aromatic hydroxyl groups is 1. The third-order valence-corrected chi connectivity index (χ3v) is 10.4. The fraction of sp³-hybridized carbons (Fsp3) is 0.351. The highest BCUT2D eigenvalue weighted by Crippen LogP contribution is 2.64. The van der Waals surface area contributed by atoms with E-state index in [1.165, 1.54) is 4.90 Å². The number of hydrogen-bond donors (Lipinski definition) is 2. The Hall–Kier alpha value is -4.92. The highest BCUT2D eigenvalue weighted by molar-refractivity contribution is 6.13. The Morgan fingerprint density at radius 3 is 2.35 bits per heavy atom. The molecule has 1 saturated carbocycles. The van der Waals surface area contributed by atoms with Crippen LogP contribution in [0.3, 0.4) is 0 Å². The highest BCUT2D eigenvalue weighted by atomic mass is 16.5. The summed E-state index contributed by atoms with van der Waals surface area (Å²) in [6, 6.07) is 21.9. The normalized spacial score (nSPS) is 28.5. The molecule has 2 aliphatic carbocycles. The number of hydrazine groups is 1. The van der Waals surface area contributed by atoms with E-state index in [-0.39, 0.29) is 42.2 Å². The fourth-order valence-electron chi connectivity index (χ4n) is 8.48. The summed E-state index contributed by atoms with van der Waals surface area (Å²) in [6.07, 6.45) is 2.64. The quantitative estimate of drug-likeness (QED) is 0.279. The number of phenols is 1. The molecule has 6 atom stereocenters. The first-order valence-electron chi connectivity index (χ1n) is 16.0. The third-order valence-electron chi connectivity index (χ3n) is 10.4. The van der Waals surface area contributed by atoms with Crippen molar-refractivity contribution in [3.05, 3.63) is 101 Å². The molecule has 2 heterocycles. The second-order valence-electron chi connectivity index (χ2n) is 12.7. The van der Waals surface area contributed by atoms with Crippen molar-refractivity contribution in [3.63, 3.8) is 0 Å². The maximum absolute atomic E-state index is 15.1. The summed E-state index contributed by atoms with van der Waals surface area (Å²) in [5.74, 6) is -4.00. The number of allylic oxidation sites excluding steroid dienone is 2. The van der Waals surface area contributed by atoms with E-state index < -0.39 is 40.9 Å². The van der Waals surface area contributed by atoms with Crippen LogP contribution in [0.5, 0.6) is 11.5 Å². The molecule has 7 rings (SSSR count). The number of aryl methyl sites for hydroxylation is 1. The van der Waals surface area contributed by atoms with E-state index in [9.17, 15) is 19.5 Å². The SMILES string of the molecule is CCOc1cc([C@H]2C3=CC[C@@H]4C(=O)N(CC)C(=O)[C@@H]4[C@@H]3C[C@H]3C(=O)N(Nc4ccc(C)cc4)C(=O)[C@@]23c2ccccc2)ccc1O. The number of fused-ring (bicyclic) bond motifs is 4. The van der Waals surface area contributed by atoms with Crippen molar-refractivity contribution in [2.24, 2.45) is 23.7 Å². The molecule has 3 fully saturated rings. The smallest absolute Gasteiger partial charge is 0.260 e. The van der Waals surface area contributed by atoms with Gasteiger partial charge in [0, 0.05) is 12.5 Å². The number of ether oxygens (including phenoxy) is 1. The molecule has 0 spiro atoms. The molecule has 2 N–H and O–H groups in total. The minimum atomic E-state index is -1.37. The van der Waals surface area contributed by atoms with Crippen LogP contribution in [-0.2, 0) is 24.6 Å². The Bertz CT molecular complexity index is 1770. The van der Waals surface area contributed by atoms with Gasteiger partial charge in [0.1, 0.15) is 0 Å². The first-order chi connectivity index (χ1) is 22.2. The molecule has 0 aromatic heterocycles. The largest absolute Gasteiger partial charge is 0.504 e. The average Bonchev–Trinajstić information content (AvgIpc) is 3.44. The summed E-state index contributed by atoms with van der Waals surface area (Å²) >= 11 is 0. The first-order valence-corrected chi connectivity index (χ1v) is 16.0. The Morgan fingerprint density at radius 1 is 0.913 bits per heavy atom. The molecule has 9 nitrogen and oxygen atoms in total. The van der Waals surface area contributed by atoms with Gasteiger partial charge in [0.2, 0.25) is 11.8 Å². The topological polar surface area (TPSA) is 116 Å². The molecule has 46 heavy (non-hydrogen) atoms. The van der Waals surface area contributed by atoms with Crippen LogP contribution in [0.25, 0.3) is 0 Å². The van der Waals surface area contributed by atoms with Crippen molar-refractivity contribution < 1.29 is 29.0 Å². The zero-order valence-corrected chi connectivity index (χ0v) is 26.1. The minimum absolute atomic E-state index is 0.0346. The van der Waals surface area contributed by atoms with Crippen LogP contribution in [0, 0.1) is 30.6 Å². The Labute approximate surface area is 267 Å². The Kier molecular flexibility index (Phi) is 7.22. The van der Waals surface area contributed by atoms with Crippen molar-refractivity contribution in [1.29, 1.82) is 0 Å². The predicted octanol–water partition coefficient (Wildman–Crippen LogP) is 5.10. The van der Waals surface area contributed by atoms with Gasteiger partial charge in [-0.3, -0.25) is 29.5 Å². The van der Waals surface area contributed by atoms with Gasteiger partial charge in [-0.25, -0.2) is 0 Å². The zero-order chi connectivity index (χ0) is 32.3. The molecule has 4 aliphatic rings. The molecule has 0 radical (unpaired) electrons.